The Morgan fingerprint density at radius 3 is 2.39 bits per heavy atom. The molecule has 0 aliphatic carbocycles. The molecule has 0 fully saturated rings. The van der Waals surface area contributed by atoms with Crippen molar-refractivity contribution in [2.24, 2.45) is 0 Å². The minimum atomic E-state index is -0.341. The van der Waals surface area contributed by atoms with Crippen LogP contribution in [-0.2, 0) is 0 Å². The van der Waals surface area contributed by atoms with Crippen LogP contribution in [0.2, 0.25) is 0 Å². The third-order valence-electron chi connectivity index (χ3n) is 3.18. The number of hydrogen-bond acceptors (Lipinski definition) is 3. The summed E-state index contributed by atoms with van der Waals surface area (Å²) in [6, 6.07) is 13.7. The van der Waals surface area contributed by atoms with Gasteiger partial charge in [-0.05, 0) is 24.3 Å². The van der Waals surface area contributed by atoms with Crippen molar-refractivity contribution in [2.45, 2.75) is 0 Å². The lowest BCUT2D eigenvalue weighted by Crippen LogP contribution is -2.25. The maximum Gasteiger partial charge on any atom is 0.259 e. The molecule has 2 amide bonds. The number of hydrogen-bond donors (Lipinski definition) is 2. The zero-order valence-electron chi connectivity index (χ0n) is 12.8. The fraction of sp³-hybridized carbons (Fsp3) is 0.111. The molecule has 0 radical (unpaired) electrons. The van der Waals surface area contributed by atoms with Crippen LogP contribution in [0, 0.1) is 0 Å². The van der Waals surface area contributed by atoms with Gasteiger partial charge in [-0.15, -0.1) is 6.58 Å². The van der Waals surface area contributed by atoms with Crippen molar-refractivity contribution in [3.8, 4) is 5.75 Å². The topological polar surface area (TPSA) is 67.4 Å². The number of carbonyl (C=O) groups is 2. The molecular formula is C18H18N2O3. The van der Waals surface area contributed by atoms with E-state index in [1.807, 2.05) is 0 Å². The smallest absolute Gasteiger partial charge is 0.259 e. The number of carbonyl (C=O) groups excluding carboxylic acids is 2. The summed E-state index contributed by atoms with van der Waals surface area (Å²) >= 11 is 0. The summed E-state index contributed by atoms with van der Waals surface area (Å²) in [7, 11) is 1.50. The molecule has 0 aliphatic heterocycles. The predicted molar refractivity (Wildman–Crippen MR) is 89.9 cm³/mol. The third-order valence-corrected chi connectivity index (χ3v) is 3.18. The molecule has 2 aromatic carbocycles. The Labute approximate surface area is 135 Å². The van der Waals surface area contributed by atoms with E-state index >= 15 is 0 Å². The maximum absolute atomic E-state index is 12.4. The third kappa shape index (κ3) is 3.97. The van der Waals surface area contributed by atoms with Gasteiger partial charge in [-0.25, -0.2) is 0 Å². The number of rotatable bonds is 6. The Hall–Kier alpha value is -3.08. The van der Waals surface area contributed by atoms with Crippen LogP contribution in [-0.4, -0.2) is 25.5 Å². The molecule has 0 aromatic heterocycles. The molecule has 2 N–H and O–H groups in total. The molecule has 0 spiro atoms. The van der Waals surface area contributed by atoms with E-state index in [9.17, 15) is 9.59 Å². The summed E-state index contributed by atoms with van der Waals surface area (Å²) in [5.41, 5.74) is 1.22. The van der Waals surface area contributed by atoms with Crippen molar-refractivity contribution >= 4 is 17.5 Å². The second-order valence-electron chi connectivity index (χ2n) is 4.70. The minimum Gasteiger partial charge on any atom is -0.496 e. The van der Waals surface area contributed by atoms with Crippen LogP contribution in [0.3, 0.4) is 0 Å². The van der Waals surface area contributed by atoms with E-state index in [1.165, 1.54) is 7.11 Å². The van der Waals surface area contributed by atoms with E-state index in [2.05, 4.69) is 17.2 Å². The largest absolute Gasteiger partial charge is 0.496 e. The molecule has 0 bridgehead atoms. The van der Waals surface area contributed by atoms with E-state index in [-0.39, 0.29) is 11.8 Å². The first-order chi connectivity index (χ1) is 11.2. The van der Waals surface area contributed by atoms with Crippen LogP contribution in [0.4, 0.5) is 5.69 Å². The number of methoxy groups -OCH3 is 1. The number of benzene rings is 2. The predicted octanol–water partition coefficient (Wildman–Crippen LogP) is 2.86. The van der Waals surface area contributed by atoms with Crippen molar-refractivity contribution in [1.82, 2.24) is 5.32 Å². The Bertz CT molecular complexity index is 726. The van der Waals surface area contributed by atoms with Gasteiger partial charge < -0.3 is 15.4 Å². The van der Waals surface area contributed by atoms with Gasteiger partial charge in [0.1, 0.15) is 5.75 Å². The molecule has 23 heavy (non-hydrogen) atoms. The lowest BCUT2D eigenvalue weighted by molar-refractivity contribution is 0.0959. The van der Waals surface area contributed by atoms with Gasteiger partial charge in [0.05, 0.1) is 23.9 Å². The zero-order chi connectivity index (χ0) is 16.7. The van der Waals surface area contributed by atoms with E-state index in [1.54, 1.807) is 54.6 Å². The van der Waals surface area contributed by atoms with Gasteiger partial charge in [0.2, 0.25) is 0 Å². The first kappa shape index (κ1) is 16.3. The molecule has 5 heteroatoms. The van der Waals surface area contributed by atoms with Crippen molar-refractivity contribution in [3.05, 3.63) is 72.3 Å². The molecule has 118 valence electrons. The van der Waals surface area contributed by atoms with E-state index in [0.717, 1.165) is 0 Å². The zero-order valence-corrected chi connectivity index (χ0v) is 12.8. The van der Waals surface area contributed by atoms with Crippen LogP contribution in [0.5, 0.6) is 5.75 Å². The average molecular weight is 310 g/mol. The first-order valence-electron chi connectivity index (χ1n) is 7.10. The van der Waals surface area contributed by atoms with Gasteiger partial charge in [0.15, 0.2) is 0 Å². The molecule has 0 heterocycles. The van der Waals surface area contributed by atoms with Gasteiger partial charge in [0, 0.05) is 6.54 Å². The number of nitrogens with one attached hydrogen (secondary N) is 2. The van der Waals surface area contributed by atoms with Crippen LogP contribution >= 0.6 is 0 Å². The highest BCUT2D eigenvalue weighted by molar-refractivity contribution is 6.10. The second-order valence-corrected chi connectivity index (χ2v) is 4.70. The minimum absolute atomic E-state index is 0.277. The maximum atomic E-state index is 12.4. The number of ether oxygens (including phenoxy) is 1. The van der Waals surface area contributed by atoms with Crippen LogP contribution in [0.1, 0.15) is 20.7 Å². The SMILES string of the molecule is C=CCNC(=O)c1ccccc1NC(=O)c1ccccc1OC. The summed E-state index contributed by atoms with van der Waals surface area (Å²) in [5, 5.41) is 5.44. The van der Waals surface area contributed by atoms with E-state index in [0.29, 0.717) is 29.1 Å². The highest BCUT2D eigenvalue weighted by atomic mass is 16.5. The highest BCUT2D eigenvalue weighted by Crippen LogP contribution is 2.21. The Morgan fingerprint density at radius 1 is 1.04 bits per heavy atom. The van der Waals surface area contributed by atoms with E-state index in [4.69, 9.17) is 4.74 Å². The van der Waals surface area contributed by atoms with Crippen molar-refractivity contribution < 1.29 is 14.3 Å². The molecular weight excluding hydrogens is 292 g/mol. The summed E-state index contributed by atoms with van der Waals surface area (Å²) in [5.74, 6) is -0.147. The van der Waals surface area contributed by atoms with Crippen LogP contribution in [0.25, 0.3) is 0 Å². The van der Waals surface area contributed by atoms with Gasteiger partial charge in [-0.2, -0.15) is 0 Å². The molecule has 0 saturated heterocycles. The average Bonchev–Trinajstić information content (AvgIpc) is 2.60. The summed E-state index contributed by atoms with van der Waals surface area (Å²) in [6.45, 7) is 3.91. The van der Waals surface area contributed by atoms with Crippen molar-refractivity contribution in [1.29, 1.82) is 0 Å². The fourth-order valence-electron chi connectivity index (χ4n) is 2.07. The molecule has 2 aromatic rings. The van der Waals surface area contributed by atoms with Gasteiger partial charge in [-0.1, -0.05) is 30.3 Å². The molecule has 5 nitrogen and oxygen atoms in total. The molecule has 0 aliphatic rings. The quantitative estimate of drug-likeness (QED) is 0.806. The first-order valence-corrected chi connectivity index (χ1v) is 7.10. The van der Waals surface area contributed by atoms with Crippen molar-refractivity contribution in [2.75, 3.05) is 19.0 Å². The van der Waals surface area contributed by atoms with Gasteiger partial charge in [-0.3, -0.25) is 9.59 Å². The lowest BCUT2D eigenvalue weighted by atomic mass is 10.1. The lowest BCUT2D eigenvalue weighted by Gasteiger charge is -2.12. The van der Waals surface area contributed by atoms with E-state index < -0.39 is 0 Å². The summed E-state index contributed by atoms with van der Waals surface area (Å²) in [6.07, 6.45) is 1.59. The normalized spacial score (nSPS) is 9.78. The second kappa shape index (κ2) is 7.79. The summed E-state index contributed by atoms with van der Waals surface area (Å²) in [4.78, 5) is 24.6. The highest BCUT2D eigenvalue weighted by Gasteiger charge is 2.15. The van der Waals surface area contributed by atoms with Gasteiger partial charge in [0.25, 0.3) is 11.8 Å². The number of amides is 2. The molecule has 2 rings (SSSR count). The van der Waals surface area contributed by atoms with Crippen LogP contribution in [0.15, 0.2) is 61.2 Å². The Kier molecular flexibility index (Phi) is 5.52. The molecule has 0 atom stereocenters. The Balaban J connectivity index is 2.24. The fourth-order valence-corrected chi connectivity index (χ4v) is 2.07. The van der Waals surface area contributed by atoms with Crippen LogP contribution < -0.4 is 15.4 Å². The van der Waals surface area contributed by atoms with Crippen molar-refractivity contribution in [3.63, 3.8) is 0 Å². The standard InChI is InChI=1S/C18H18N2O3/c1-3-12-19-17(21)13-8-4-6-10-15(13)20-18(22)14-9-5-7-11-16(14)23-2/h3-11H,1,12H2,2H3,(H,19,21)(H,20,22). The number of para-hydroxylation sites is 2. The number of anilines is 1. The molecule has 0 unspecified atom stereocenters. The monoisotopic (exact) mass is 310 g/mol. The molecule has 0 saturated carbocycles. The summed E-state index contributed by atoms with van der Waals surface area (Å²) < 4.78 is 5.18. The van der Waals surface area contributed by atoms with Gasteiger partial charge >= 0.3 is 0 Å². The Morgan fingerprint density at radius 2 is 1.70 bits per heavy atom.